The van der Waals surface area contributed by atoms with E-state index in [0.29, 0.717) is 32.7 Å². The van der Waals surface area contributed by atoms with Gasteiger partial charge in [0.05, 0.1) is 32.8 Å². The molecule has 60 heavy (non-hydrogen) atoms. The average Bonchev–Trinajstić information content (AvgIpc) is 3.13. The molecule has 0 bridgehead atoms. The van der Waals surface area contributed by atoms with E-state index in [4.69, 9.17) is 23.7 Å². The summed E-state index contributed by atoms with van der Waals surface area (Å²) in [7, 11) is 0. The predicted molar refractivity (Wildman–Crippen MR) is 227 cm³/mol. The second-order valence-corrected chi connectivity index (χ2v) is 18.3. The Balaban J connectivity index is 2.00. The average molecular weight is 841 g/mol. The summed E-state index contributed by atoms with van der Waals surface area (Å²) in [5, 5.41) is 6.25. The Bertz CT molecular complexity index is 1660. The summed E-state index contributed by atoms with van der Waals surface area (Å²) < 4.78 is 28.9. The van der Waals surface area contributed by atoms with Crippen molar-refractivity contribution in [3.05, 3.63) is 71.8 Å². The summed E-state index contributed by atoms with van der Waals surface area (Å²) in [6.07, 6.45) is 0. The van der Waals surface area contributed by atoms with Gasteiger partial charge in [-0.3, -0.25) is 29.0 Å². The molecule has 2 N–H and O–H groups in total. The molecule has 1 heterocycles. The zero-order valence-corrected chi connectivity index (χ0v) is 37.4. The lowest BCUT2D eigenvalue weighted by Gasteiger charge is -2.44. The van der Waals surface area contributed by atoms with E-state index in [-0.39, 0.29) is 69.5 Å². The Morgan fingerprint density at radius 3 is 1.67 bits per heavy atom. The zero-order chi connectivity index (χ0) is 44.4. The molecule has 0 radical (unpaired) electrons. The predicted octanol–water partition coefficient (Wildman–Crippen LogP) is 3.48. The van der Waals surface area contributed by atoms with Gasteiger partial charge in [0.25, 0.3) is 5.91 Å². The minimum Gasteiger partial charge on any atom is -0.460 e. The fraction of sp³-hybridized carbons (Fsp3) is 0.622. The molecule has 1 aliphatic rings. The number of nitrogens with zero attached hydrogens (tertiary/aromatic N) is 3. The van der Waals surface area contributed by atoms with Crippen LogP contribution in [0.25, 0.3) is 0 Å². The topological polar surface area (TPSA) is 162 Å². The quantitative estimate of drug-likeness (QED) is 0.144. The van der Waals surface area contributed by atoms with Crippen LogP contribution in [0.2, 0.25) is 0 Å². The normalized spacial score (nSPS) is 18.2. The summed E-state index contributed by atoms with van der Waals surface area (Å²) in [6.45, 7) is 18.6. The zero-order valence-electron chi connectivity index (χ0n) is 37.4. The van der Waals surface area contributed by atoms with Crippen molar-refractivity contribution in [3.8, 4) is 0 Å². The van der Waals surface area contributed by atoms with Crippen molar-refractivity contribution >= 4 is 29.8 Å². The van der Waals surface area contributed by atoms with Crippen LogP contribution in [-0.2, 0) is 60.9 Å². The van der Waals surface area contributed by atoms with E-state index in [1.165, 1.54) is 0 Å². The first-order valence-corrected chi connectivity index (χ1v) is 20.9. The van der Waals surface area contributed by atoms with E-state index < -0.39 is 53.2 Å². The monoisotopic (exact) mass is 841 g/mol. The van der Waals surface area contributed by atoms with E-state index in [2.05, 4.69) is 10.6 Å². The largest absolute Gasteiger partial charge is 0.460 e. The van der Waals surface area contributed by atoms with E-state index >= 15 is 0 Å². The maximum atomic E-state index is 14.5. The van der Waals surface area contributed by atoms with Crippen LogP contribution in [-0.4, -0.2) is 152 Å². The lowest BCUT2D eigenvalue weighted by Crippen LogP contribution is -2.68. The molecule has 0 aromatic heterocycles. The molecule has 3 rings (SSSR count). The van der Waals surface area contributed by atoms with Crippen LogP contribution in [0.15, 0.2) is 60.7 Å². The summed E-state index contributed by atoms with van der Waals surface area (Å²) in [5.41, 5.74) is -0.473. The molecule has 0 saturated carbocycles. The van der Waals surface area contributed by atoms with Gasteiger partial charge in [-0.15, -0.1) is 0 Å². The lowest BCUT2D eigenvalue weighted by molar-refractivity contribution is -0.935. The molecule has 2 aromatic carbocycles. The van der Waals surface area contributed by atoms with Gasteiger partial charge in [0.1, 0.15) is 36.6 Å². The Morgan fingerprint density at radius 2 is 1.13 bits per heavy atom. The van der Waals surface area contributed by atoms with Gasteiger partial charge in [0, 0.05) is 39.3 Å². The van der Waals surface area contributed by atoms with Crippen LogP contribution < -0.4 is 10.6 Å². The third-order valence-corrected chi connectivity index (χ3v) is 9.34. The Labute approximate surface area is 356 Å². The molecule has 2 aromatic rings. The number of ether oxygens (including phenoxy) is 5. The van der Waals surface area contributed by atoms with Crippen molar-refractivity contribution in [2.75, 3.05) is 85.1 Å². The van der Waals surface area contributed by atoms with Crippen molar-refractivity contribution < 1.29 is 52.1 Å². The van der Waals surface area contributed by atoms with Crippen molar-refractivity contribution in [1.29, 1.82) is 0 Å². The maximum absolute atomic E-state index is 14.5. The van der Waals surface area contributed by atoms with Gasteiger partial charge >= 0.3 is 23.9 Å². The van der Waals surface area contributed by atoms with Crippen LogP contribution in [0, 0.1) is 0 Å². The van der Waals surface area contributed by atoms with Crippen LogP contribution in [0.4, 0.5) is 0 Å². The van der Waals surface area contributed by atoms with Crippen LogP contribution in [0.3, 0.4) is 0 Å². The second kappa shape index (κ2) is 23.6. The van der Waals surface area contributed by atoms with Crippen molar-refractivity contribution in [2.45, 2.75) is 98.4 Å². The number of hydrogen-bond acceptors (Lipinski definition) is 13. The molecular formula is C45H70N5O10+. The number of quaternary nitrogens is 1. The molecule has 334 valence electrons. The fourth-order valence-electron chi connectivity index (χ4n) is 6.67. The molecule has 0 spiro atoms. The number of carbonyl (C=O) groups excluding carboxylic acids is 5. The highest BCUT2D eigenvalue weighted by atomic mass is 16.6. The summed E-state index contributed by atoms with van der Waals surface area (Å²) in [4.78, 5) is 71.6. The van der Waals surface area contributed by atoms with Gasteiger partial charge in [0.15, 0.2) is 12.6 Å². The van der Waals surface area contributed by atoms with E-state index in [1.54, 1.807) is 41.5 Å². The smallest absolute Gasteiger partial charge is 0.362 e. The molecule has 2 unspecified atom stereocenters. The summed E-state index contributed by atoms with van der Waals surface area (Å²) in [6, 6.07) is 17.8. The molecule has 2 atom stereocenters. The van der Waals surface area contributed by atoms with Gasteiger partial charge in [-0.1, -0.05) is 60.7 Å². The van der Waals surface area contributed by atoms with Gasteiger partial charge in [-0.25, -0.2) is 4.79 Å². The number of hydrogen-bond donors (Lipinski definition) is 2. The van der Waals surface area contributed by atoms with Crippen LogP contribution >= 0.6 is 0 Å². The number of carbonyl (C=O) groups is 5. The molecule has 15 heteroatoms. The number of rotatable bonds is 16. The molecule has 1 fully saturated rings. The number of nitrogens with one attached hydrogen (secondary N) is 2. The third kappa shape index (κ3) is 20.2. The third-order valence-electron chi connectivity index (χ3n) is 9.34. The second-order valence-electron chi connectivity index (χ2n) is 18.3. The Kier molecular flexibility index (Phi) is 19.6. The Morgan fingerprint density at radius 1 is 0.633 bits per heavy atom. The van der Waals surface area contributed by atoms with Crippen LogP contribution in [0.1, 0.15) is 73.4 Å². The Hall–Kier alpha value is -4.41. The van der Waals surface area contributed by atoms with Gasteiger partial charge < -0.3 is 38.8 Å². The molecular weight excluding hydrogens is 771 g/mol. The molecule has 1 saturated heterocycles. The van der Waals surface area contributed by atoms with Gasteiger partial charge in [0.2, 0.25) is 0 Å². The standard InChI is InChI=1S/C45H69N5O10/c1-43(2,3)58-39(52)29-48-22-20-46-21-26-50(31-41(54)60-45(7,8)9,27-25-49(24-23-48)30-40(53)59-44(4,5)6)37(34-56-32-35-16-12-10-13-17-35)42(55)47-28-38(51)57-33-36-18-14-11-15-19-36/h10-19,37,46H,20-34H2,1-9H3/p+1. The number of esters is 4. The number of benzene rings is 2. The van der Waals surface area contributed by atoms with Gasteiger partial charge in [-0.2, -0.15) is 0 Å². The summed E-state index contributed by atoms with van der Waals surface area (Å²) >= 11 is 0. The maximum Gasteiger partial charge on any atom is 0.362 e. The van der Waals surface area contributed by atoms with E-state index in [1.807, 2.05) is 91.2 Å². The first-order chi connectivity index (χ1) is 28.1. The van der Waals surface area contributed by atoms with E-state index in [0.717, 1.165) is 11.1 Å². The summed E-state index contributed by atoms with van der Waals surface area (Å²) in [5.74, 6) is -2.42. The molecule has 0 aliphatic carbocycles. The van der Waals surface area contributed by atoms with Gasteiger partial charge in [-0.05, 0) is 73.4 Å². The highest BCUT2D eigenvalue weighted by Crippen LogP contribution is 2.20. The fourth-order valence-corrected chi connectivity index (χ4v) is 6.67. The molecule has 15 nitrogen and oxygen atoms in total. The number of amides is 1. The van der Waals surface area contributed by atoms with Crippen molar-refractivity contribution in [2.24, 2.45) is 0 Å². The first-order valence-electron chi connectivity index (χ1n) is 20.9. The minimum atomic E-state index is -1.00. The highest BCUT2D eigenvalue weighted by molar-refractivity contribution is 5.85. The van der Waals surface area contributed by atoms with E-state index in [9.17, 15) is 24.0 Å². The minimum absolute atomic E-state index is 0.0478. The van der Waals surface area contributed by atoms with Crippen molar-refractivity contribution in [3.63, 3.8) is 0 Å². The molecule has 1 aliphatic heterocycles. The molecule has 1 amide bonds. The highest BCUT2D eigenvalue weighted by Gasteiger charge is 2.45. The first kappa shape index (κ1) is 49.9. The van der Waals surface area contributed by atoms with Crippen molar-refractivity contribution in [1.82, 2.24) is 20.4 Å². The van der Waals surface area contributed by atoms with Crippen LogP contribution in [0.5, 0.6) is 0 Å². The SMILES string of the molecule is CC(C)(C)OC(=O)CN1CCNCC[N+](CC(=O)OC(C)(C)C)(C(COCc2ccccc2)C(=O)NCC(=O)OCc2ccccc2)CCN(CC(=O)OC(C)(C)C)CC1. The lowest BCUT2D eigenvalue weighted by atomic mass is 10.1.